The molecule has 0 bridgehead atoms. The lowest BCUT2D eigenvalue weighted by atomic mass is 9.77. The smallest absolute Gasteiger partial charge is 0.128 e. The van der Waals surface area contributed by atoms with Gasteiger partial charge in [-0.05, 0) is 51.6 Å². The zero-order valence-corrected chi connectivity index (χ0v) is 13.8. The van der Waals surface area contributed by atoms with Crippen molar-refractivity contribution < 1.29 is 0 Å². The van der Waals surface area contributed by atoms with Crippen molar-refractivity contribution in [1.82, 2.24) is 19.9 Å². The van der Waals surface area contributed by atoms with E-state index in [9.17, 15) is 0 Å². The minimum Gasteiger partial charge on any atom is -0.321 e. The van der Waals surface area contributed by atoms with Gasteiger partial charge in [-0.2, -0.15) is 0 Å². The highest BCUT2D eigenvalue weighted by molar-refractivity contribution is 5.75. The van der Waals surface area contributed by atoms with E-state index in [1.807, 2.05) is 12.4 Å². The van der Waals surface area contributed by atoms with E-state index in [1.165, 1.54) is 18.4 Å². The van der Waals surface area contributed by atoms with Crippen molar-refractivity contribution in [1.29, 1.82) is 0 Å². The number of nitrogens with one attached hydrogen (secondary N) is 1. The highest BCUT2D eigenvalue weighted by atomic mass is 15.2. The summed E-state index contributed by atoms with van der Waals surface area (Å²) in [5, 5.41) is 3.70. The van der Waals surface area contributed by atoms with E-state index in [0.29, 0.717) is 0 Å². The fourth-order valence-electron chi connectivity index (χ4n) is 3.50. The number of hydrogen-bond acceptors (Lipinski definition) is 3. The first-order chi connectivity index (χ1) is 9.81. The van der Waals surface area contributed by atoms with E-state index in [-0.39, 0.29) is 17.0 Å². The SMILES string of the molecule is CC1(C)CCCNC1c1nc2cnccc2n1C(C)(C)C. The molecule has 1 aliphatic heterocycles. The van der Waals surface area contributed by atoms with Crippen LogP contribution in [0.1, 0.15) is 59.3 Å². The van der Waals surface area contributed by atoms with Gasteiger partial charge >= 0.3 is 0 Å². The van der Waals surface area contributed by atoms with E-state index >= 15 is 0 Å². The molecule has 1 atom stereocenters. The molecule has 4 nitrogen and oxygen atoms in total. The van der Waals surface area contributed by atoms with Crippen LogP contribution < -0.4 is 5.32 Å². The van der Waals surface area contributed by atoms with Gasteiger partial charge in [0, 0.05) is 11.7 Å². The Kier molecular flexibility index (Phi) is 3.32. The lowest BCUT2D eigenvalue weighted by molar-refractivity contribution is 0.165. The maximum Gasteiger partial charge on any atom is 0.128 e. The number of aromatic nitrogens is 3. The second kappa shape index (κ2) is 4.80. The summed E-state index contributed by atoms with van der Waals surface area (Å²) < 4.78 is 2.38. The molecule has 2 aromatic rings. The number of pyridine rings is 1. The van der Waals surface area contributed by atoms with Gasteiger partial charge in [-0.25, -0.2) is 4.98 Å². The van der Waals surface area contributed by atoms with Crippen molar-refractivity contribution in [2.75, 3.05) is 6.54 Å². The summed E-state index contributed by atoms with van der Waals surface area (Å²) in [6.45, 7) is 12.5. The minimum atomic E-state index is 0.000639. The number of hydrogen-bond donors (Lipinski definition) is 1. The van der Waals surface area contributed by atoms with Crippen LogP contribution in [0.15, 0.2) is 18.5 Å². The topological polar surface area (TPSA) is 42.7 Å². The van der Waals surface area contributed by atoms with Crippen molar-refractivity contribution in [3.05, 3.63) is 24.3 Å². The number of piperidine rings is 1. The van der Waals surface area contributed by atoms with Crippen LogP contribution in [0.2, 0.25) is 0 Å². The summed E-state index contributed by atoms with van der Waals surface area (Å²) in [5.41, 5.74) is 2.39. The monoisotopic (exact) mass is 286 g/mol. The van der Waals surface area contributed by atoms with Gasteiger partial charge in [0.25, 0.3) is 0 Å². The van der Waals surface area contributed by atoms with Crippen LogP contribution in [0, 0.1) is 5.41 Å². The predicted molar refractivity (Wildman–Crippen MR) is 86.3 cm³/mol. The average molecular weight is 286 g/mol. The van der Waals surface area contributed by atoms with E-state index in [2.05, 4.69) is 55.6 Å². The van der Waals surface area contributed by atoms with Crippen LogP contribution >= 0.6 is 0 Å². The fraction of sp³-hybridized carbons (Fsp3) is 0.647. The van der Waals surface area contributed by atoms with Gasteiger partial charge < -0.3 is 9.88 Å². The molecule has 21 heavy (non-hydrogen) atoms. The van der Waals surface area contributed by atoms with Crippen molar-refractivity contribution in [2.24, 2.45) is 5.41 Å². The Balaban J connectivity index is 2.22. The van der Waals surface area contributed by atoms with Crippen molar-refractivity contribution in [3.63, 3.8) is 0 Å². The highest BCUT2D eigenvalue weighted by Crippen LogP contribution is 2.41. The van der Waals surface area contributed by atoms with Crippen LogP contribution in [-0.4, -0.2) is 21.1 Å². The summed E-state index contributed by atoms with van der Waals surface area (Å²) in [7, 11) is 0. The molecule has 1 fully saturated rings. The number of nitrogens with zero attached hydrogens (tertiary/aromatic N) is 3. The predicted octanol–water partition coefficient (Wildman–Crippen LogP) is 3.64. The Morgan fingerprint density at radius 1 is 1.33 bits per heavy atom. The first-order valence-corrected chi connectivity index (χ1v) is 7.87. The highest BCUT2D eigenvalue weighted by Gasteiger charge is 2.38. The lowest BCUT2D eigenvalue weighted by Crippen LogP contribution is -2.42. The molecule has 1 N–H and O–H groups in total. The van der Waals surface area contributed by atoms with Crippen LogP contribution in [0.25, 0.3) is 11.0 Å². The van der Waals surface area contributed by atoms with Gasteiger partial charge in [0.05, 0.1) is 17.8 Å². The van der Waals surface area contributed by atoms with E-state index < -0.39 is 0 Å². The van der Waals surface area contributed by atoms with Crippen LogP contribution in [0.5, 0.6) is 0 Å². The molecule has 0 saturated carbocycles. The van der Waals surface area contributed by atoms with E-state index in [4.69, 9.17) is 4.98 Å². The van der Waals surface area contributed by atoms with E-state index in [1.54, 1.807) is 0 Å². The summed E-state index contributed by atoms with van der Waals surface area (Å²) in [5.74, 6) is 1.15. The minimum absolute atomic E-state index is 0.000639. The van der Waals surface area contributed by atoms with Crippen molar-refractivity contribution in [3.8, 4) is 0 Å². The first kappa shape index (κ1) is 14.5. The Bertz CT molecular complexity index is 648. The molecular formula is C17H26N4. The number of imidazole rings is 1. The van der Waals surface area contributed by atoms with Gasteiger partial charge in [0.2, 0.25) is 0 Å². The van der Waals surface area contributed by atoms with Gasteiger partial charge in [0.1, 0.15) is 11.3 Å². The average Bonchev–Trinajstić information content (AvgIpc) is 2.76. The van der Waals surface area contributed by atoms with Crippen molar-refractivity contribution in [2.45, 2.75) is 59.0 Å². The summed E-state index contributed by atoms with van der Waals surface area (Å²) in [6.07, 6.45) is 6.20. The largest absolute Gasteiger partial charge is 0.321 e. The molecule has 0 amide bonds. The normalized spacial score (nSPS) is 22.6. The molecule has 1 aliphatic rings. The van der Waals surface area contributed by atoms with Gasteiger partial charge in [-0.1, -0.05) is 13.8 Å². The molecule has 3 rings (SSSR count). The molecule has 114 valence electrons. The number of fused-ring (bicyclic) bond motifs is 1. The molecule has 3 heterocycles. The third-order valence-corrected chi connectivity index (χ3v) is 4.54. The Morgan fingerprint density at radius 3 is 2.76 bits per heavy atom. The standard InChI is InChI=1S/C17H26N4/c1-16(2,3)21-13-7-10-18-11-12(13)20-15(21)14-17(4,5)8-6-9-19-14/h7,10-11,14,19H,6,8-9H2,1-5H3. The Morgan fingerprint density at radius 2 is 2.10 bits per heavy atom. The van der Waals surface area contributed by atoms with Crippen LogP contribution in [0.3, 0.4) is 0 Å². The van der Waals surface area contributed by atoms with Crippen LogP contribution in [-0.2, 0) is 5.54 Å². The molecule has 0 aliphatic carbocycles. The van der Waals surface area contributed by atoms with Gasteiger partial charge in [-0.15, -0.1) is 0 Å². The Labute approximate surface area is 127 Å². The quantitative estimate of drug-likeness (QED) is 0.870. The molecule has 0 radical (unpaired) electrons. The Hall–Kier alpha value is -1.42. The zero-order valence-electron chi connectivity index (χ0n) is 13.8. The molecule has 0 aromatic carbocycles. The van der Waals surface area contributed by atoms with Crippen LogP contribution in [0.4, 0.5) is 0 Å². The maximum absolute atomic E-state index is 4.94. The number of rotatable bonds is 1. The van der Waals surface area contributed by atoms with Crippen molar-refractivity contribution >= 4 is 11.0 Å². The van der Waals surface area contributed by atoms with Gasteiger partial charge in [-0.3, -0.25) is 4.98 Å². The second-order valence-electron chi connectivity index (χ2n) is 7.82. The molecule has 1 saturated heterocycles. The maximum atomic E-state index is 4.94. The molecule has 2 aromatic heterocycles. The zero-order chi connectivity index (χ0) is 15.3. The summed E-state index contributed by atoms with van der Waals surface area (Å²) in [6, 6.07) is 2.37. The first-order valence-electron chi connectivity index (χ1n) is 7.87. The molecular weight excluding hydrogens is 260 g/mol. The lowest BCUT2D eigenvalue weighted by Gasteiger charge is -2.40. The van der Waals surface area contributed by atoms with Gasteiger partial charge in [0.15, 0.2) is 0 Å². The summed E-state index contributed by atoms with van der Waals surface area (Å²) >= 11 is 0. The fourth-order valence-corrected chi connectivity index (χ4v) is 3.50. The molecule has 1 unspecified atom stereocenters. The third-order valence-electron chi connectivity index (χ3n) is 4.54. The summed E-state index contributed by atoms with van der Waals surface area (Å²) in [4.78, 5) is 9.17. The van der Waals surface area contributed by atoms with E-state index in [0.717, 1.165) is 17.9 Å². The molecule has 0 spiro atoms. The second-order valence-corrected chi connectivity index (χ2v) is 7.82. The molecule has 4 heteroatoms. The third kappa shape index (κ3) is 2.46.